The summed E-state index contributed by atoms with van der Waals surface area (Å²) in [6.07, 6.45) is -0.773. The lowest BCUT2D eigenvalue weighted by Gasteiger charge is -1.78. The Morgan fingerprint density at radius 3 is 2.57 bits per heavy atom. The van der Waals surface area contributed by atoms with Crippen molar-refractivity contribution >= 4 is 12.1 Å². The van der Waals surface area contributed by atoms with Crippen LogP contribution >= 0.6 is 0 Å². The molecule has 1 saturated heterocycles. The minimum Gasteiger partial charge on any atom is -0.424 e. The van der Waals surface area contributed by atoms with Gasteiger partial charge in [0, 0.05) is 0 Å². The molecule has 0 aromatic rings. The molecule has 0 bridgehead atoms. The molecular weight excluding hydrogens is 98.0 g/mol. The number of rotatable bonds is 0. The van der Waals surface area contributed by atoms with Gasteiger partial charge in [0.1, 0.15) is 0 Å². The maximum Gasteiger partial charge on any atom is 0.515 e. The second kappa shape index (κ2) is 1.22. The van der Waals surface area contributed by atoms with Gasteiger partial charge in [0.05, 0.1) is 0 Å². The zero-order chi connectivity index (χ0) is 5.28. The van der Waals surface area contributed by atoms with E-state index in [0.29, 0.717) is 0 Å². The van der Waals surface area contributed by atoms with Crippen molar-refractivity contribution in [2.24, 2.45) is 0 Å². The summed E-state index contributed by atoms with van der Waals surface area (Å²) in [6.45, 7) is -0.0150. The molecule has 0 amide bonds. The number of cyclic esters (lactones) is 2. The smallest absolute Gasteiger partial charge is 0.424 e. The van der Waals surface area contributed by atoms with Crippen molar-refractivity contribution in [3.63, 3.8) is 0 Å². The van der Waals surface area contributed by atoms with Gasteiger partial charge in [-0.2, -0.15) is 0 Å². The Labute approximate surface area is 39.5 Å². The average Bonchev–Trinajstić information content (AvgIpc) is 1.87. The summed E-state index contributed by atoms with van der Waals surface area (Å²) in [7, 11) is 0. The van der Waals surface area contributed by atoms with Crippen LogP contribution in [0.2, 0.25) is 0 Å². The monoisotopic (exact) mass is 101 g/mol. The van der Waals surface area contributed by atoms with Crippen molar-refractivity contribution in [3.8, 4) is 0 Å². The van der Waals surface area contributed by atoms with Crippen LogP contribution in [-0.4, -0.2) is 18.7 Å². The van der Waals surface area contributed by atoms with E-state index in [1.54, 1.807) is 0 Å². The lowest BCUT2D eigenvalue weighted by Crippen LogP contribution is -1.94. The second-order valence-electron chi connectivity index (χ2n) is 1.06. The molecule has 1 aliphatic heterocycles. The van der Waals surface area contributed by atoms with E-state index in [4.69, 9.17) is 5.41 Å². The quantitative estimate of drug-likeness (QED) is 0.441. The van der Waals surface area contributed by atoms with Gasteiger partial charge in [0.15, 0.2) is 6.61 Å². The van der Waals surface area contributed by atoms with E-state index in [1.165, 1.54) is 0 Å². The molecule has 1 N–H and O–H groups in total. The van der Waals surface area contributed by atoms with Crippen molar-refractivity contribution in [1.82, 2.24) is 0 Å². The number of carbonyl (C=O) groups is 1. The number of carbonyl (C=O) groups excluding carboxylic acids is 1. The Morgan fingerprint density at radius 2 is 2.43 bits per heavy atom. The molecule has 7 heavy (non-hydrogen) atoms. The van der Waals surface area contributed by atoms with Crippen molar-refractivity contribution in [3.05, 3.63) is 0 Å². The van der Waals surface area contributed by atoms with E-state index >= 15 is 0 Å². The van der Waals surface area contributed by atoms with E-state index in [2.05, 4.69) is 9.47 Å². The molecule has 0 unspecified atom stereocenters. The second-order valence-corrected chi connectivity index (χ2v) is 1.06. The molecule has 1 heterocycles. The summed E-state index contributed by atoms with van der Waals surface area (Å²) in [5.74, 6) is -0.120. The first-order chi connectivity index (χ1) is 3.29. The van der Waals surface area contributed by atoms with Gasteiger partial charge in [-0.15, -0.1) is 0 Å². The third kappa shape index (κ3) is 0.677. The van der Waals surface area contributed by atoms with Crippen LogP contribution in [0.3, 0.4) is 0 Å². The molecule has 0 radical (unpaired) electrons. The maximum atomic E-state index is 9.87. The number of hydrogen-bond donors (Lipinski definition) is 1. The molecule has 1 fully saturated rings. The summed E-state index contributed by atoms with van der Waals surface area (Å²) in [5, 5.41) is 6.61. The summed E-state index contributed by atoms with van der Waals surface area (Å²) in [5.41, 5.74) is 0. The van der Waals surface area contributed by atoms with Crippen LogP contribution in [-0.2, 0) is 9.47 Å². The van der Waals surface area contributed by atoms with Gasteiger partial charge in [0.25, 0.3) is 0 Å². The number of ether oxygens (including phenoxy) is 2. The summed E-state index contributed by atoms with van der Waals surface area (Å²) >= 11 is 0. The Kier molecular flexibility index (Phi) is 0.714. The zero-order valence-corrected chi connectivity index (χ0v) is 3.43. The number of nitrogens with one attached hydrogen (secondary N) is 1. The van der Waals surface area contributed by atoms with Crippen LogP contribution in [0.25, 0.3) is 0 Å². The molecule has 0 spiro atoms. The lowest BCUT2D eigenvalue weighted by molar-refractivity contribution is 0.139. The molecule has 4 heteroatoms. The van der Waals surface area contributed by atoms with Crippen LogP contribution in [0.4, 0.5) is 4.79 Å². The molecule has 0 atom stereocenters. The third-order valence-electron chi connectivity index (χ3n) is 0.528. The summed E-state index contributed by atoms with van der Waals surface area (Å²) < 4.78 is 8.26. The fourth-order valence-electron chi connectivity index (χ4n) is 0.284. The Morgan fingerprint density at radius 1 is 1.71 bits per heavy atom. The predicted octanol–water partition coefficient (Wildman–Crippen LogP) is 0.130. The minimum absolute atomic E-state index is 0.0150. The summed E-state index contributed by atoms with van der Waals surface area (Å²) in [6, 6.07) is 0. The highest BCUT2D eigenvalue weighted by Crippen LogP contribution is 1.95. The highest BCUT2D eigenvalue weighted by Gasteiger charge is 2.17. The fraction of sp³-hybridized carbons (Fsp3) is 0.333. The largest absolute Gasteiger partial charge is 0.515 e. The molecule has 0 aromatic carbocycles. The minimum atomic E-state index is -0.773. The van der Waals surface area contributed by atoms with E-state index in [0.717, 1.165) is 0 Å². The molecule has 1 rings (SSSR count). The van der Waals surface area contributed by atoms with Crippen molar-refractivity contribution < 1.29 is 14.3 Å². The first-order valence-electron chi connectivity index (χ1n) is 1.71. The van der Waals surface area contributed by atoms with Gasteiger partial charge < -0.3 is 9.47 Å². The van der Waals surface area contributed by atoms with Gasteiger partial charge in [-0.05, 0) is 0 Å². The molecule has 4 nitrogen and oxygen atoms in total. The molecule has 0 aliphatic carbocycles. The first kappa shape index (κ1) is 4.11. The van der Waals surface area contributed by atoms with Crippen molar-refractivity contribution in [2.75, 3.05) is 6.61 Å². The average molecular weight is 101 g/mol. The Balaban J connectivity index is 2.55. The van der Waals surface area contributed by atoms with Gasteiger partial charge in [-0.3, -0.25) is 5.41 Å². The molecule has 0 saturated carbocycles. The van der Waals surface area contributed by atoms with Gasteiger partial charge in [0.2, 0.25) is 5.90 Å². The maximum absolute atomic E-state index is 9.87. The molecule has 38 valence electrons. The standard InChI is InChI=1S/C3H3NO3/c4-2-1-6-3(5)7-2/h4H,1H2. The van der Waals surface area contributed by atoms with Crippen LogP contribution in [0, 0.1) is 5.41 Å². The van der Waals surface area contributed by atoms with Crippen LogP contribution in [0.1, 0.15) is 0 Å². The normalized spacial score (nSPS) is 18.9. The van der Waals surface area contributed by atoms with Crippen LogP contribution in [0.5, 0.6) is 0 Å². The number of hydrogen-bond acceptors (Lipinski definition) is 4. The van der Waals surface area contributed by atoms with E-state index in [1.807, 2.05) is 0 Å². The Hall–Kier alpha value is -1.06. The van der Waals surface area contributed by atoms with E-state index < -0.39 is 6.16 Å². The lowest BCUT2D eigenvalue weighted by atomic mass is 10.7. The predicted molar refractivity (Wildman–Crippen MR) is 20.2 cm³/mol. The summed E-state index contributed by atoms with van der Waals surface area (Å²) in [4.78, 5) is 9.87. The van der Waals surface area contributed by atoms with Gasteiger partial charge >= 0.3 is 6.16 Å². The highest BCUT2D eigenvalue weighted by atomic mass is 16.8. The molecule has 1 aliphatic rings. The fourth-order valence-corrected chi connectivity index (χ4v) is 0.284. The van der Waals surface area contributed by atoms with E-state index in [9.17, 15) is 4.79 Å². The van der Waals surface area contributed by atoms with Gasteiger partial charge in [-0.25, -0.2) is 4.79 Å². The van der Waals surface area contributed by atoms with Crippen LogP contribution in [0.15, 0.2) is 0 Å². The first-order valence-corrected chi connectivity index (χ1v) is 1.71. The Bertz CT molecular complexity index is 105. The van der Waals surface area contributed by atoms with Crippen molar-refractivity contribution in [2.45, 2.75) is 0 Å². The molecule has 0 aromatic heterocycles. The topological polar surface area (TPSA) is 59.4 Å². The van der Waals surface area contributed by atoms with E-state index in [-0.39, 0.29) is 12.5 Å². The highest BCUT2D eigenvalue weighted by molar-refractivity contribution is 5.89. The van der Waals surface area contributed by atoms with Crippen molar-refractivity contribution in [1.29, 1.82) is 5.41 Å². The SMILES string of the molecule is N=C1COC(=O)O1. The zero-order valence-electron chi connectivity index (χ0n) is 3.43. The molecular formula is C3H3NO3. The third-order valence-corrected chi connectivity index (χ3v) is 0.528. The van der Waals surface area contributed by atoms with Crippen LogP contribution < -0.4 is 0 Å². The van der Waals surface area contributed by atoms with Gasteiger partial charge in [-0.1, -0.05) is 0 Å².